The van der Waals surface area contributed by atoms with Crippen molar-refractivity contribution in [1.29, 1.82) is 0 Å². The number of benzene rings is 1. The summed E-state index contributed by atoms with van der Waals surface area (Å²) in [4.78, 5) is 0. The summed E-state index contributed by atoms with van der Waals surface area (Å²) >= 11 is 0. The molecule has 1 aromatic carbocycles. The van der Waals surface area contributed by atoms with E-state index >= 15 is 0 Å². The molecule has 1 aliphatic carbocycles. The first-order valence-electron chi connectivity index (χ1n) is 4.90. The van der Waals surface area contributed by atoms with Crippen molar-refractivity contribution in [2.45, 2.75) is 25.4 Å². The average Bonchev–Trinajstić information content (AvgIpc) is 2.70. The van der Waals surface area contributed by atoms with Crippen LogP contribution < -0.4 is 0 Å². The van der Waals surface area contributed by atoms with Crippen LogP contribution in [0.1, 0.15) is 30.9 Å². The summed E-state index contributed by atoms with van der Waals surface area (Å²) in [5.41, 5.74) is 1.34. The van der Waals surface area contributed by atoms with E-state index in [4.69, 9.17) is 0 Å². The highest BCUT2D eigenvalue weighted by molar-refractivity contribution is 5.28. The Labute approximate surface area is 82.9 Å². The monoisotopic (exact) mass is 192 g/mol. The van der Waals surface area contributed by atoms with Crippen LogP contribution in [0.5, 0.6) is 0 Å². The maximum Gasteiger partial charge on any atom is 0.129 e. The Kier molecular flexibility index (Phi) is 2.64. The van der Waals surface area contributed by atoms with Crippen LogP contribution in [-0.2, 0) is 0 Å². The second-order valence-electron chi connectivity index (χ2n) is 3.60. The molecule has 0 bridgehead atoms. The zero-order valence-electron chi connectivity index (χ0n) is 7.91. The van der Waals surface area contributed by atoms with Crippen molar-refractivity contribution in [2.75, 3.05) is 0 Å². The summed E-state index contributed by atoms with van der Waals surface area (Å²) in [6.45, 7) is 0. The molecular weight excluding hydrogens is 179 g/mol. The molecule has 1 aliphatic rings. The summed E-state index contributed by atoms with van der Waals surface area (Å²) in [6, 6.07) is 6.40. The lowest BCUT2D eigenvalue weighted by molar-refractivity contribution is 0.207. The topological polar surface area (TPSA) is 20.2 Å². The molecule has 0 radical (unpaired) electrons. The van der Waals surface area contributed by atoms with E-state index < -0.39 is 6.10 Å². The van der Waals surface area contributed by atoms with Crippen LogP contribution >= 0.6 is 0 Å². The van der Waals surface area contributed by atoms with Gasteiger partial charge >= 0.3 is 0 Å². The van der Waals surface area contributed by atoms with E-state index in [9.17, 15) is 9.50 Å². The normalized spacial score (nSPS) is 18.0. The highest BCUT2D eigenvalue weighted by Crippen LogP contribution is 2.31. The van der Waals surface area contributed by atoms with E-state index in [0.717, 1.165) is 24.8 Å². The molecule has 0 fully saturated rings. The van der Waals surface area contributed by atoms with Crippen LogP contribution in [0.2, 0.25) is 0 Å². The third-order valence-electron chi connectivity index (χ3n) is 2.63. The number of halogens is 1. The SMILES string of the molecule is OC(C1=CCCC1)c1ccccc1F. The Morgan fingerprint density at radius 1 is 1.29 bits per heavy atom. The zero-order chi connectivity index (χ0) is 9.97. The van der Waals surface area contributed by atoms with Crippen molar-refractivity contribution in [3.63, 3.8) is 0 Å². The van der Waals surface area contributed by atoms with Crippen LogP contribution in [0.25, 0.3) is 0 Å². The number of hydrogen-bond acceptors (Lipinski definition) is 1. The summed E-state index contributed by atoms with van der Waals surface area (Å²) in [7, 11) is 0. The molecule has 2 heteroatoms. The van der Waals surface area contributed by atoms with Gasteiger partial charge in [-0.05, 0) is 30.9 Å². The third kappa shape index (κ3) is 1.70. The molecule has 0 saturated heterocycles. The molecule has 0 saturated carbocycles. The van der Waals surface area contributed by atoms with E-state index in [1.54, 1.807) is 18.2 Å². The van der Waals surface area contributed by atoms with Gasteiger partial charge in [0.2, 0.25) is 0 Å². The molecule has 1 unspecified atom stereocenters. The van der Waals surface area contributed by atoms with Crippen molar-refractivity contribution in [3.8, 4) is 0 Å². The van der Waals surface area contributed by atoms with Gasteiger partial charge in [0.1, 0.15) is 11.9 Å². The molecule has 0 aliphatic heterocycles. The van der Waals surface area contributed by atoms with Crippen molar-refractivity contribution in [2.24, 2.45) is 0 Å². The van der Waals surface area contributed by atoms with E-state index in [-0.39, 0.29) is 5.82 Å². The fourth-order valence-electron chi connectivity index (χ4n) is 1.84. The van der Waals surface area contributed by atoms with Crippen molar-refractivity contribution in [3.05, 3.63) is 47.3 Å². The Balaban J connectivity index is 2.26. The number of rotatable bonds is 2. The molecular formula is C12H13FO. The molecule has 14 heavy (non-hydrogen) atoms. The summed E-state index contributed by atoms with van der Waals surface area (Å²) < 4.78 is 13.3. The highest BCUT2D eigenvalue weighted by atomic mass is 19.1. The Morgan fingerprint density at radius 2 is 2.07 bits per heavy atom. The van der Waals surface area contributed by atoms with Crippen LogP contribution in [0, 0.1) is 5.82 Å². The average molecular weight is 192 g/mol. The van der Waals surface area contributed by atoms with Gasteiger partial charge in [0.05, 0.1) is 0 Å². The second kappa shape index (κ2) is 3.93. The lowest BCUT2D eigenvalue weighted by Gasteiger charge is -2.12. The van der Waals surface area contributed by atoms with Crippen LogP contribution in [-0.4, -0.2) is 5.11 Å². The number of hydrogen-bond donors (Lipinski definition) is 1. The van der Waals surface area contributed by atoms with Crippen molar-refractivity contribution < 1.29 is 9.50 Å². The number of aliphatic hydroxyl groups excluding tert-OH is 1. The van der Waals surface area contributed by atoms with Gasteiger partial charge in [-0.2, -0.15) is 0 Å². The van der Waals surface area contributed by atoms with Crippen molar-refractivity contribution >= 4 is 0 Å². The standard InChI is InChI=1S/C12H13FO/c13-11-8-4-3-7-10(11)12(14)9-5-1-2-6-9/h3-5,7-8,12,14H,1-2,6H2. The van der Waals surface area contributed by atoms with Gasteiger partial charge in [0, 0.05) is 5.56 Å². The second-order valence-corrected chi connectivity index (χ2v) is 3.60. The molecule has 1 atom stereocenters. The zero-order valence-corrected chi connectivity index (χ0v) is 7.91. The van der Waals surface area contributed by atoms with E-state index in [2.05, 4.69) is 0 Å². The molecule has 0 aromatic heterocycles. The Hall–Kier alpha value is -1.15. The van der Waals surface area contributed by atoms with Crippen molar-refractivity contribution in [1.82, 2.24) is 0 Å². The smallest absolute Gasteiger partial charge is 0.129 e. The molecule has 74 valence electrons. The minimum Gasteiger partial charge on any atom is -0.384 e. The molecule has 2 rings (SSSR count). The van der Waals surface area contributed by atoms with Gasteiger partial charge in [-0.15, -0.1) is 0 Å². The van der Waals surface area contributed by atoms with Gasteiger partial charge in [-0.25, -0.2) is 4.39 Å². The van der Waals surface area contributed by atoms with Crippen LogP contribution in [0.4, 0.5) is 4.39 Å². The van der Waals surface area contributed by atoms with Gasteiger partial charge in [0.15, 0.2) is 0 Å². The highest BCUT2D eigenvalue weighted by Gasteiger charge is 2.18. The van der Waals surface area contributed by atoms with Gasteiger partial charge in [-0.1, -0.05) is 24.3 Å². The summed E-state index contributed by atoms with van der Waals surface area (Å²) in [5, 5.41) is 9.89. The Bertz CT molecular complexity index is 357. The third-order valence-corrected chi connectivity index (χ3v) is 2.63. The quantitative estimate of drug-likeness (QED) is 0.714. The lowest BCUT2D eigenvalue weighted by Crippen LogP contribution is -2.02. The number of aliphatic hydroxyl groups is 1. The predicted molar refractivity (Wildman–Crippen MR) is 53.3 cm³/mol. The fourth-order valence-corrected chi connectivity index (χ4v) is 1.84. The van der Waals surface area contributed by atoms with Gasteiger partial charge < -0.3 is 5.11 Å². The first-order valence-corrected chi connectivity index (χ1v) is 4.90. The Morgan fingerprint density at radius 3 is 2.71 bits per heavy atom. The molecule has 0 spiro atoms. The molecule has 1 N–H and O–H groups in total. The fraction of sp³-hybridized carbons (Fsp3) is 0.333. The predicted octanol–water partition coefficient (Wildman–Crippen LogP) is 2.97. The first-order chi connectivity index (χ1) is 6.79. The largest absolute Gasteiger partial charge is 0.384 e. The molecule has 0 amide bonds. The summed E-state index contributed by atoms with van der Waals surface area (Å²) in [5.74, 6) is -0.326. The molecule has 0 heterocycles. The van der Waals surface area contributed by atoms with E-state index in [1.807, 2.05) is 6.08 Å². The van der Waals surface area contributed by atoms with E-state index in [0.29, 0.717) is 5.56 Å². The van der Waals surface area contributed by atoms with Crippen LogP contribution in [0.3, 0.4) is 0 Å². The van der Waals surface area contributed by atoms with Gasteiger partial charge in [-0.3, -0.25) is 0 Å². The van der Waals surface area contributed by atoms with Gasteiger partial charge in [0.25, 0.3) is 0 Å². The van der Waals surface area contributed by atoms with E-state index in [1.165, 1.54) is 6.07 Å². The molecule has 1 nitrogen and oxygen atoms in total. The maximum absolute atomic E-state index is 13.3. The minimum absolute atomic E-state index is 0.326. The lowest BCUT2D eigenvalue weighted by atomic mass is 10.0. The summed E-state index contributed by atoms with van der Waals surface area (Å²) in [6.07, 6.45) is 4.22. The molecule has 1 aromatic rings. The number of allylic oxidation sites excluding steroid dienone is 1. The maximum atomic E-state index is 13.3. The first kappa shape index (κ1) is 9.41. The van der Waals surface area contributed by atoms with Crippen LogP contribution in [0.15, 0.2) is 35.9 Å². The minimum atomic E-state index is -0.751.